The molecule has 1 rings (SSSR count). The van der Waals surface area contributed by atoms with Crippen molar-refractivity contribution in [1.29, 1.82) is 0 Å². The Morgan fingerprint density at radius 1 is 1.17 bits per heavy atom. The van der Waals surface area contributed by atoms with Crippen molar-refractivity contribution in [3.8, 4) is 0 Å². The summed E-state index contributed by atoms with van der Waals surface area (Å²) >= 11 is 0. The Bertz CT molecular complexity index is 196. The molecule has 0 amide bonds. The molecular formula is C16H33NO. The summed E-state index contributed by atoms with van der Waals surface area (Å²) in [6.45, 7) is 8.81. The van der Waals surface area contributed by atoms with E-state index in [4.69, 9.17) is 4.74 Å². The van der Waals surface area contributed by atoms with Gasteiger partial charge in [-0.1, -0.05) is 33.1 Å². The second-order valence-corrected chi connectivity index (χ2v) is 5.82. The van der Waals surface area contributed by atoms with E-state index in [-0.39, 0.29) is 0 Å². The lowest BCUT2D eigenvalue weighted by Gasteiger charge is -2.30. The third kappa shape index (κ3) is 6.19. The summed E-state index contributed by atoms with van der Waals surface area (Å²) in [6.07, 6.45) is 11.1. The molecule has 0 heterocycles. The van der Waals surface area contributed by atoms with Crippen LogP contribution in [0.2, 0.25) is 0 Å². The average molecular weight is 255 g/mol. The molecule has 0 radical (unpaired) electrons. The molecule has 0 aliphatic heterocycles. The second kappa shape index (κ2) is 9.80. The monoisotopic (exact) mass is 255 g/mol. The molecule has 108 valence electrons. The molecule has 2 heteroatoms. The molecule has 1 aliphatic rings. The predicted molar refractivity (Wildman–Crippen MR) is 79.0 cm³/mol. The van der Waals surface area contributed by atoms with Gasteiger partial charge in [0.2, 0.25) is 0 Å². The molecule has 1 saturated carbocycles. The SMILES string of the molecule is CCNC(C)CCCCOC1CCCCC1CC. The number of rotatable bonds is 9. The lowest BCUT2D eigenvalue weighted by atomic mass is 9.85. The standard InChI is InChI=1S/C16H33NO/c1-4-15-11-6-7-12-16(15)18-13-9-8-10-14(3)17-5-2/h14-17H,4-13H2,1-3H3. The zero-order valence-corrected chi connectivity index (χ0v) is 12.7. The number of hydrogen-bond donors (Lipinski definition) is 1. The first kappa shape index (κ1) is 16.0. The summed E-state index contributed by atoms with van der Waals surface area (Å²) < 4.78 is 6.11. The van der Waals surface area contributed by atoms with E-state index in [1.165, 1.54) is 51.4 Å². The van der Waals surface area contributed by atoms with Gasteiger partial charge in [0.05, 0.1) is 6.10 Å². The Kier molecular flexibility index (Phi) is 8.70. The third-order valence-corrected chi connectivity index (χ3v) is 4.28. The van der Waals surface area contributed by atoms with E-state index in [1.54, 1.807) is 0 Å². The molecule has 3 unspecified atom stereocenters. The van der Waals surface area contributed by atoms with E-state index < -0.39 is 0 Å². The minimum Gasteiger partial charge on any atom is -0.378 e. The fourth-order valence-corrected chi connectivity index (χ4v) is 3.10. The molecule has 0 saturated heterocycles. The van der Waals surface area contributed by atoms with E-state index in [0.29, 0.717) is 12.1 Å². The molecule has 18 heavy (non-hydrogen) atoms. The number of nitrogens with one attached hydrogen (secondary N) is 1. The summed E-state index contributed by atoms with van der Waals surface area (Å²) in [4.78, 5) is 0. The van der Waals surface area contributed by atoms with Crippen molar-refractivity contribution in [2.75, 3.05) is 13.2 Å². The van der Waals surface area contributed by atoms with Gasteiger partial charge in [0.1, 0.15) is 0 Å². The predicted octanol–water partition coefficient (Wildman–Crippen LogP) is 4.14. The first-order valence-corrected chi connectivity index (χ1v) is 8.12. The minimum absolute atomic E-state index is 0.565. The highest BCUT2D eigenvalue weighted by Gasteiger charge is 2.23. The fraction of sp³-hybridized carbons (Fsp3) is 1.00. The summed E-state index contributed by atoms with van der Waals surface area (Å²) in [6, 6.07) is 0.660. The van der Waals surface area contributed by atoms with Crippen molar-refractivity contribution >= 4 is 0 Å². The van der Waals surface area contributed by atoms with Crippen LogP contribution in [-0.4, -0.2) is 25.3 Å². The van der Waals surface area contributed by atoms with Gasteiger partial charge in [-0.25, -0.2) is 0 Å². The first-order valence-electron chi connectivity index (χ1n) is 8.12. The Morgan fingerprint density at radius 3 is 2.67 bits per heavy atom. The minimum atomic E-state index is 0.565. The highest BCUT2D eigenvalue weighted by molar-refractivity contribution is 4.74. The van der Waals surface area contributed by atoms with Gasteiger partial charge in [0.25, 0.3) is 0 Å². The van der Waals surface area contributed by atoms with E-state index in [9.17, 15) is 0 Å². The van der Waals surface area contributed by atoms with Crippen LogP contribution in [0, 0.1) is 5.92 Å². The molecule has 0 bridgehead atoms. The molecule has 3 atom stereocenters. The zero-order chi connectivity index (χ0) is 13.2. The molecule has 0 aromatic rings. The van der Waals surface area contributed by atoms with Gasteiger partial charge in [0.15, 0.2) is 0 Å². The maximum atomic E-state index is 6.11. The molecule has 1 aliphatic carbocycles. The third-order valence-electron chi connectivity index (χ3n) is 4.28. The topological polar surface area (TPSA) is 21.3 Å². The van der Waals surface area contributed by atoms with Gasteiger partial charge >= 0.3 is 0 Å². The summed E-state index contributed by atoms with van der Waals surface area (Å²) in [7, 11) is 0. The van der Waals surface area contributed by atoms with E-state index in [0.717, 1.165) is 19.1 Å². The van der Waals surface area contributed by atoms with Crippen molar-refractivity contribution < 1.29 is 4.74 Å². The average Bonchev–Trinajstić information content (AvgIpc) is 2.39. The van der Waals surface area contributed by atoms with Gasteiger partial charge < -0.3 is 10.1 Å². The highest BCUT2D eigenvalue weighted by Crippen LogP contribution is 2.29. The van der Waals surface area contributed by atoms with Gasteiger partial charge in [-0.2, -0.15) is 0 Å². The summed E-state index contributed by atoms with van der Waals surface area (Å²) in [5.41, 5.74) is 0. The van der Waals surface area contributed by atoms with Crippen molar-refractivity contribution in [1.82, 2.24) is 5.32 Å². The van der Waals surface area contributed by atoms with Crippen LogP contribution in [0.25, 0.3) is 0 Å². The van der Waals surface area contributed by atoms with E-state index in [2.05, 4.69) is 26.1 Å². The molecule has 0 aromatic carbocycles. The maximum Gasteiger partial charge on any atom is 0.0603 e. The number of unbranched alkanes of at least 4 members (excludes halogenated alkanes) is 1. The fourth-order valence-electron chi connectivity index (χ4n) is 3.10. The van der Waals surface area contributed by atoms with Crippen molar-refractivity contribution in [3.05, 3.63) is 0 Å². The Morgan fingerprint density at radius 2 is 1.94 bits per heavy atom. The Hall–Kier alpha value is -0.0800. The van der Waals surface area contributed by atoms with Gasteiger partial charge in [-0.3, -0.25) is 0 Å². The van der Waals surface area contributed by atoms with Crippen LogP contribution in [-0.2, 0) is 4.74 Å². The second-order valence-electron chi connectivity index (χ2n) is 5.82. The van der Waals surface area contributed by atoms with Crippen LogP contribution in [0.5, 0.6) is 0 Å². The van der Waals surface area contributed by atoms with Crippen molar-refractivity contribution in [3.63, 3.8) is 0 Å². The van der Waals surface area contributed by atoms with Crippen LogP contribution >= 0.6 is 0 Å². The van der Waals surface area contributed by atoms with Gasteiger partial charge in [-0.15, -0.1) is 0 Å². The number of hydrogen-bond acceptors (Lipinski definition) is 2. The highest BCUT2D eigenvalue weighted by atomic mass is 16.5. The normalized spacial score (nSPS) is 26.2. The largest absolute Gasteiger partial charge is 0.378 e. The molecule has 0 spiro atoms. The molecule has 0 aromatic heterocycles. The lowest BCUT2D eigenvalue weighted by Crippen LogP contribution is -2.28. The van der Waals surface area contributed by atoms with Crippen LogP contribution in [0.1, 0.15) is 72.1 Å². The molecule has 2 nitrogen and oxygen atoms in total. The zero-order valence-electron chi connectivity index (χ0n) is 12.7. The quantitative estimate of drug-likeness (QED) is 0.625. The molecule has 1 fully saturated rings. The summed E-state index contributed by atoms with van der Waals surface area (Å²) in [5, 5.41) is 3.46. The Balaban J connectivity index is 2.02. The maximum absolute atomic E-state index is 6.11. The van der Waals surface area contributed by atoms with Gasteiger partial charge in [0, 0.05) is 12.6 Å². The van der Waals surface area contributed by atoms with Crippen molar-refractivity contribution in [2.45, 2.75) is 84.3 Å². The van der Waals surface area contributed by atoms with Crippen molar-refractivity contribution in [2.24, 2.45) is 5.92 Å². The van der Waals surface area contributed by atoms with Gasteiger partial charge in [-0.05, 0) is 51.5 Å². The first-order chi connectivity index (χ1) is 8.77. The van der Waals surface area contributed by atoms with Crippen LogP contribution < -0.4 is 5.32 Å². The Labute approximate surface area is 114 Å². The smallest absolute Gasteiger partial charge is 0.0603 e. The lowest BCUT2D eigenvalue weighted by molar-refractivity contribution is -0.0136. The molecule has 1 N–H and O–H groups in total. The van der Waals surface area contributed by atoms with Crippen LogP contribution in [0.3, 0.4) is 0 Å². The molecular weight excluding hydrogens is 222 g/mol. The van der Waals surface area contributed by atoms with Crippen LogP contribution in [0.4, 0.5) is 0 Å². The van der Waals surface area contributed by atoms with E-state index in [1.807, 2.05) is 0 Å². The van der Waals surface area contributed by atoms with Crippen LogP contribution in [0.15, 0.2) is 0 Å². The summed E-state index contributed by atoms with van der Waals surface area (Å²) in [5.74, 6) is 0.833. The number of ether oxygens (including phenoxy) is 1. The van der Waals surface area contributed by atoms with E-state index >= 15 is 0 Å².